The zero-order valence-electron chi connectivity index (χ0n) is 16.3. The second-order valence-electron chi connectivity index (χ2n) is 6.87. The van der Waals surface area contributed by atoms with Crippen molar-refractivity contribution in [3.05, 3.63) is 86.6 Å². The molecular formula is C23H18ClNO4S. The molecule has 30 heavy (non-hydrogen) atoms. The Morgan fingerprint density at radius 1 is 1.13 bits per heavy atom. The topological polar surface area (TPSA) is 66.8 Å². The first-order valence-corrected chi connectivity index (χ1v) is 10.4. The molecule has 4 rings (SSSR count). The van der Waals surface area contributed by atoms with Crippen LogP contribution in [0.3, 0.4) is 0 Å². The van der Waals surface area contributed by atoms with Gasteiger partial charge in [0.15, 0.2) is 0 Å². The maximum Gasteiger partial charge on any atom is 0.300 e. The predicted octanol–water partition coefficient (Wildman–Crippen LogP) is 5.34. The molecule has 2 heterocycles. The van der Waals surface area contributed by atoms with E-state index in [9.17, 15) is 14.7 Å². The average molecular weight is 440 g/mol. The van der Waals surface area contributed by atoms with Gasteiger partial charge in [0.1, 0.15) is 17.6 Å². The maximum absolute atomic E-state index is 13.0. The summed E-state index contributed by atoms with van der Waals surface area (Å²) in [7, 11) is 1.49. The van der Waals surface area contributed by atoms with Crippen LogP contribution in [0.4, 0.5) is 5.69 Å². The Balaban J connectivity index is 1.92. The largest absolute Gasteiger partial charge is 0.507 e. The minimum atomic E-state index is -0.737. The summed E-state index contributed by atoms with van der Waals surface area (Å²) in [5, 5.41) is 13.2. The average Bonchev–Trinajstić information content (AvgIpc) is 3.34. The normalized spacial score (nSPS) is 18.1. The Labute approximate surface area is 182 Å². The lowest BCUT2D eigenvalue weighted by Crippen LogP contribution is -2.29. The molecule has 0 aliphatic carbocycles. The summed E-state index contributed by atoms with van der Waals surface area (Å²) in [5.41, 5.74) is 1.93. The van der Waals surface area contributed by atoms with E-state index in [4.69, 9.17) is 16.3 Å². The molecule has 0 radical (unpaired) electrons. The molecular weight excluding hydrogens is 422 g/mol. The Hall–Kier alpha value is -3.09. The second-order valence-corrected chi connectivity index (χ2v) is 8.26. The van der Waals surface area contributed by atoms with Crippen LogP contribution in [0.15, 0.2) is 65.6 Å². The molecule has 7 heteroatoms. The van der Waals surface area contributed by atoms with Crippen LogP contribution in [0.5, 0.6) is 5.75 Å². The van der Waals surface area contributed by atoms with E-state index in [1.54, 1.807) is 18.2 Å². The highest BCUT2D eigenvalue weighted by atomic mass is 35.5. The van der Waals surface area contributed by atoms with Crippen molar-refractivity contribution in [3.63, 3.8) is 0 Å². The number of carbonyl (C=O) groups excluding carboxylic acids is 2. The van der Waals surface area contributed by atoms with E-state index in [0.29, 0.717) is 22.0 Å². The van der Waals surface area contributed by atoms with Gasteiger partial charge < -0.3 is 9.84 Å². The highest BCUT2D eigenvalue weighted by Crippen LogP contribution is 2.44. The number of aryl methyl sites for hydroxylation is 1. The first kappa shape index (κ1) is 20.2. The summed E-state index contributed by atoms with van der Waals surface area (Å²) < 4.78 is 5.15. The minimum Gasteiger partial charge on any atom is -0.507 e. The number of halogens is 1. The Bertz CT molecular complexity index is 1170. The van der Waals surface area contributed by atoms with Crippen LogP contribution >= 0.6 is 22.9 Å². The van der Waals surface area contributed by atoms with E-state index >= 15 is 0 Å². The molecule has 1 N–H and O–H groups in total. The molecule has 3 aromatic rings. The van der Waals surface area contributed by atoms with Crippen LogP contribution in [0.25, 0.3) is 5.76 Å². The number of ketones is 1. The molecule has 1 aliphatic rings. The number of methoxy groups -OCH3 is 1. The summed E-state index contributed by atoms with van der Waals surface area (Å²) >= 11 is 7.62. The molecule has 1 amide bonds. The SMILES string of the molecule is COc1ccc(/C(O)=C2/C(=O)C(=O)N(c3cccc(C)c3)C2c2cccs2)cc1Cl. The van der Waals surface area contributed by atoms with Crippen molar-refractivity contribution in [1.82, 2.24) is 0 Å². The molecule has 1 saturated heterocycles. The predicted molar refractivity (Wildman–Crippen MR) is 118 cm³/mol. The fourth-order valence-electron chi connectivity index (χ4n) is 3.56. The third-order valence-corrected chi connectivity index (χ3v) is 6.18. The number of Topliss-reactive ketones (excluding diaryl/α,β-unsaturated/α-hetero) is 1. The Morgan fingerprint density at radius 3 is 2.57 bits per heavy atom. The number of amides is 1. The van der Waals surface area contributed by atoms with Gasteiger partial charge in [-0.3, -0.25) is 14.5 Å². The first-order chi connectivity index (χ1) is 14.4. The van der Waals surface area contributed by atoms with E-state index < -0.39 is 17.7 Å². The number of nitrogens with zero attached hydrogens (tertiary/aromatic N) is 1. The van der Waals surface area contributed by atoms with Gasteiger partial charge in [-0.05, 0) is 54.3 Å². The fourth-order valence-corrected chi connectivity index (χ4v) is 4.64. The van der Waals surface area contributed by atoms with Crippen molar-refractivity contribution < 1.29 is 19.4 Å². The number of benzene rings is 2. The van der Waals surface area contributed by atoms with Gasteiger partial charge >= 0.3 is 0 Å². The molecule has 0 spiro atoms. The standard InChI is InChI=1S/C23H18ClNO4S/c1-13-5-3-6-15(11-13)25-20(18-7-4-10-30-18)19(22(27)23(25)28)21(26)14-8-9-17(29-2)16(24)12-14/h3-12,20,26H,1-2H3/b21-19-. The number of thiophene rings is 1. The van der Waals surface area contributed by atoms with Crippen LogP contribution in [0, 0.1) is 6.92 Å². The number of anilines is 1. The number of hydrogen-bond acceptors (Lipinski definition) is 5. The van der Waals surface area contributed by atoms with Gasteiger partial charge in [0.25, 0.3) is 11.7 Å². The molecule has 2 aromatic carbocycles. The van der Waals surface area contributed by atoms with Crippen molar-refractivity contribution in [2.75, 3.05) is 12.0 Å². The van der Waals surface area contributed by atoms with Gasteiger partial charge in [-0.2, -0.15) is 0 Å². The van der Waals surface area contributed by atoms with Gasteiger partial charge in [-0.15, -0.1) is 11.3 Å². The van der Waals surface area contributed by atoms with Gasteiger partial charge in [-0.25, -0.2) is 0 Å². The van der Waals surface area contributed by atoms with Gasteiger partial charge in [0.2, 0.25) is 0 Å². The van der Waals surface area contributed by atoms with Crippen molar-refractivity contribution >= 4 is 46.1 Å². The van der Waals surface area contributed by atoms with Gasteiger partial charge in [0.05, 0.1) is 17.7 Å². The van der Waals surface area contributed by atoms with Crippen molar-refractivity contribution in [2.24, 2.45) is 0 Å². The highest BCUT2D eigenvalue weighted by molar-refractivity contribution is 7.10. The molecule has 1 fully saturated rings. The fraction of sp³-hybridized carbons (Fsp3) is 0.130. The summed E-state index contributed by atoms with van der Waals surface area (Å²) in [5.74, 6) is -1.24. The number of ether oxygens (including phenoxy) is 1. The molecule has 152 valence electrons. The number of hydrogen-bond donors (Lipinski definition) is 1. The molecule has 1 atom stereocenters. The van der Waals surface area contributed by atoms with E-state index in [0.717, 1.165) is 10.4 Å². The van der Waals surface area contributed by atoms with Crippen LogP contribution in [0.2, 0.25) is 5.02 Å². The molecule has 5 nitrogen and oxygen atoms in total. The minimum absolute atomic E-state index is 0.0326. The van der Waals surface area contributed by atoms with E-state index in [-0.39, 0.29) is 11.3 Å². The van der Waals surface area contributed by atoms with Crippen molar-refractivity contribution in [3.8, 4) is 5.75 Å². The molecule has 0 bridgehead atoms. The van der Waals surface area contributed by atoms with Gasteiger partial charge in [0, 0.05) is 16.1 Å². The summed E-state index contributed by atoms with van der Waals surface area (Å²) in [4.78, 5) is 28.3. The lowest BCUT2D eigenvalue weighted by molar-refractivity contribution is -0.132. The highest BCUT2D eigenvalue weighted by Gasteiger charge is 2.47. The number of aliphatic hydroxyl groups is 1. The molecule has 0 saturated carbocycles. The zero-order chi connectivity index (χ0) is 21.4. The summed E-state index contributed by atoms with van der Waals surface area (Å²) in [6, 6.07) is 15.1. The smallest absolute Gasteiger partial charge is 0.300 e. The molecule has 1 unspecified atom stereocenters. The van der Waals surface area contributed by atoms with Crippen LogP contribution in [0.1, 0.15) is 22.0 Å². The lowest BCUT2D eigenvalue weighted by atomic mass is 9.99. The lowest BCUT2D eigenvalue weighted by Gasteiger charge is -2.24. The maximum atomic E-state index is 13.0. The quantitative estimate of drug-likeness (QED) is 0.338. The number of carbonyl (C=O) groups is 2. The van der Waals surface area contributed by atoms with E-state index in [1.165, 1.54) is 29.4 Å². The first-order valence-electron chi connectivity index (χ1n) is 9.17. The Kier molecular flexibility index (Phi) is 5.37. The number of aliphatic hydroxyl groups excluding tert-OH is 1. The van der Waals surface area contributed by atoms with Gasteiger partial charge in [-0.1, -0.05) is 29.8 Å². The van der Waals surface area contributed by atoms with Crippen LogP contribution in [-0.2, 0) is 9.59 Å². The van der Waals surface area contributed by atoms with Crippen LogP contribution in [-0.4, -0.2) is 23.9 Å². The second kappa shape index (κ2) is 7.97. The summed E-state index contributed by atoms with van der Waals surface area (Å²) in [6.07, 6.45) is 0. The molecule has 1 aromatic heterocycles. The van der Waals surface area contributed by atoms with Crippen molar-refractivity contribution in [1.29, 1.82) is 0 Å². The summed E-state index contributed by atoms with van der Waals surface area (Å²) in [6.45, 7) is 1.92. The Morgan fingerprint density at radius 2 is 1.93 bits per heavy atom. The monoisotopic (exact) mass is 439 g/mol. The number of rotatable bonds is 4. The van der Waals surface area contributed by atoms with E-state index in [2.05, 4.69) is 0 Å². The molecule has 1 aliphatic heterocycles. The zero-order valence-corrected chi connectivity index (χ0v) is 17.8. The van der Waals surface area contributed by atoms with E-state index in [1.807, 2.05) is 42.6 Å². The van der Waals surface area contributed by atoms with Crippen molar-refractivity contribution in [2.45, 2.75) is 13.0 Å². The van der Waals surface area contributed by atoms with Crippen LogP contribution < -0.4 is 9.64 Å². The third-order valence-electron chi connectivity index (χ3n) is 4.96. The third kappa shape index (κ3) is 3.38.